The van der Waals surface area contributed by atoms with Crippen LogP contribution in [0, 0.1) is 0 Å². The van der Waals surface area contributed by atoms with E-state index in [0.29, 0.717) is 18.1 Å². The quantitative estimate of drug-likeness (QED) is 0.520. The first kappa shape index (κ1) is 23.0. The van der Waals surface area contributed by atoms with Gasteiger partial charge in [0, 0.05) is 13.2 Å². The van der Waals surface area contributed by atoms with Gasteiger partial charge in [-0.1, -0.05) is 30.3 Å². The number of aliphatic hydroxyl groups is 3. The van der Waals surface area contributed by atoms with Crippen LogP contribution >= 0.6 is 0 Å². The third-order valence-corrected chi connectivity index (χ3v) is 4.88. The fourth-order valence-corrected chi connectivity index (χ4v) is 3.12. The van der Waals surface area contributed by atoms with Gasteiger partial charge in [-0.05, 0) is 17.7 Å². The van der Waals surface area contributed by atoms with Gasteiger partial charge >= 0.3 is 5.97 Å². The number of methoxy groups -OCH3 is 2. The minimum Gasteiger partial charge on any atom is -0.497 e. The highest BCUT2D eigenvalue weighted by Crippen LogP contribution is 2.25. The lowest BCUT2D eigenvalue weighted by molar-refractivity contribution is -0.294. The zero-order chi connectivity index (χ0) is 22.4. The molecule has 31 heavy (non-hydrogen) atoms. The van der Waals surface area contributed by atoms with Crippen LogP contribution in [-0.4, -0.2) is 72.8 Å². The molecular weight excluding hydrogens is 408 g/mol. The molecule has 2 aromatic rings. The Labute approximate surface area is 179 Å². The summed E-state index contributed by atoms with van der Waals surface area (Å²) in [6.07, 6.45) is -6.61. The second-order valence-corrected chi connectivity index (χ2v) is 7.02. The number of hydrogen-bond acceptors (Lipinski definition) is 9. The van der Waals surface area contributed by atoms with E-state index in [0.717, 1.165) is 5.56 Å². The highest BCUT2D eigenvalue weighted by Gasteiger charge is 2.44. The van der Waals surface area contributed by atoms with Gasteiger partial charge in [0.2, 0.25) is 0 Å². The molecule has 1 saturated heterocycles. The van der Waals surface area contributed by atoms with Gasteiger partial charge in [0.1, 0.15) is 49.1 Å². The van der Waals surface area contributed by atoms with Crippen LogP contribution in [0.5, 0.6) is 11.5 Å². The molecule has 0 unspecified atom stereocenters. The van der Waals surface area contributed by atoms with Gasteiger partial charge < -0.3 is 39.0 Å². The molecule has 1 fully saturated rings. The van der Waals surface area contributed by atoms with Gasteiger partial charge in [-0.25, -0.2) is 4.79 Å². The first-order chi connectivity index (χ1) is 14.9. The molecule has 0 spiro atoms. The van der Waals surface area contributed by atoms with Crippen molar-refractivity contribution in [2.75, 3.05) is 20.8 Å². The molecule has 3 rings (SSSR count). The van der Waals surface area contributed by atoms with Crippen LogP contribution in [0.4, 0.5) is 0 Å². The molecule has 0 aromatic heterocycles. The van der Waals surface area contributed by atoms with Gasteiger partial charge in [0.05, 0.1) is 12.7 Å². The van der Waals surface area contributed by atoms with Crippen LogP contribution in [0.3, 0.4) is 0 Å². The van der Waals surface area contributed by atoms with Gasteiger partial charge in [-0.15, -0.1) is 0 Å². The molecule has 0 bridgehead atoms. The molecule has 9 nitrogen and oxygen atoms in total. The fraction of sp³-hybridized carbons (Fsp3) is 0.409. The lowest BCUT2D eigenvalue weighted by atomic mass is 9.99. The number of aliphatic hydroxyl groups excluding tert-OH is 3. The number of rotatable bonds is 8. The average Bonchev–Trinajstić information content (AvgIpc) is 2.81. The van der Waals surface area contributed by atoms with Crippen molar-refractivity contribution in [2.45, 2.75) is 37.3 Å². The lowest BCUT2D eigenvalue weighted by Gasteiger charge is -2.39. The molecule has 0 radical (unpaired) electrons. The SMILES string of the molecule is COc1cc(OCc2ccccc2)cc(C(=O)OC[C@H]2O[C@@H](OC)[C@H](O)[C@@H](O)[C@@H]2O)c1. The third-order valence-electron chi connectivity index (χ3n) is 4.88. The summed E-state index contributed by atoms with van der Waals surface area (Å²) >= 11 is 0. The van der Waals surface area contributed by atoms with Crippen LogP contribution < -0.4 is 9.47 Å². The van der Waals surface area contributed by atoms with E-state index in [9.17, 15) is 20.1 Å². The standard InChI is InChI=1S/C22H26O9/c1-27-15-8-14(9-16(10-15)29-11-13-6-4-3-5-7-13)21(26)30-12-17-18(23)19(24)20(25)22(28-2)31-17/h3-10,17-20,22-25H,11-12H2,1-2H3/t17-,18-,19+,20-,22-/m1/s1. The Bertz CT molecular complexity index is 855. The van der Waals surface area contributed by atoms with Crippen molar-refractivity contribution in [3.8, 4) is 11.5 Å². The van der Waals surface area contributed by atoms with Crippen molar-refractivity contribution < 1.29 is 43.8 Å². The van der Waals surface area contributed by atoms with Gasteiger partial charge in [-0.3, -0.25) is 0 Å². The Kier molecular flexibility index (Phi) is 7.83. The summed E-state index contributed by atoms with van der Waals surface area (Å²) in [6.45, 7) is -0.0513. The number of ether oxygens (including phenoxy) is 5. The lowest BCUT2D eigenvalue weighted by Crippen LogP contribution is -2.59. The van der Waals surface area contributed by atoms with Crippen LogP contribution in [0.15, 0.2) is 48.5 Å². The Morgan fingerprint density at radius 3 is 2.35 bits per heavy atom. The summed E-state index contributed by atoms with van der Waals surface area (Å²) in [5.41, 5.74) is 1.14. The Morgan fingerprint density at radius 1 is 0.968 bits per heavy atom. The van der Waals surface area contributed by atoms with Gasteiger partial charge in [-0.2, -0.15) is 0 Å². The largest absolute Gasteiger partial charge is 0.497 e. The number of hydrogen-bond donors (Lipinski definition) is 3. The second kappa shape index (κ2) is 10.6. The van der Waals surface area contributed by atoms with Crippen molar-refractivity contribution in [1.82, 2.24) is 0 Å². The van der Waals surface area contributed by atoms with E-state index in [1.165, 1.54) is 26.4 Å². The van der Waals surface area contributed by atoms with Crippen molar-refractivity contribution in [3.05, 3.63) is 59.7 Å². The Balaban J connectivity index is 1.65. The third kappa shape index (κ3) is 5.72. The van der Waals surface area contributed by atoms with Crippen LogP contribution in [0.2, 0.25) is 0 Å². The number of carbonyl (C=O) groups is 1. The molecule has 0 aliphatic carbocycles. The van der Waals surface area contributed by atoms with E-state index in [1.54, 1.807) is 6.07 Å². The maximum atomic E-state index is 12.6. The molecule has 0 saturated carbocycles. The van der Waals surface area contributed by atoms with E-state index in [1.807, 2.05) is 30.3 Å². The number of carbonyl (C=O) groups excluding carboxylic acids is 1. The Morgan fingerprint density at radius 2 is 1.68 bits per heavy atom. The second-order valence-electron chi connectivity index (χ2n) is 7.02. The monoisotopic (exact) mass is 434 g/mol. The minimum absolute atomic E-state index is 0.177. The number of esters is 1. The molecule has 5 atom stereocenters. The van der Waals surface area contributed by atoms with Gasteiger partial charge in [0.15, 0.2) is 6.29 Å². The average molecular weight is 434 g/mol. The molecule has 1 heterocycles. The normalized spacial score (nSPS) is 25.6. The molecule has 9 heteroatoms. The first-order valence-electron chi connectivity index (χ1n) is 9.68. The van der Waals surface area contributed by atoms with E-state index >= 15 is 0 Å². The number of benzene rings is 2. The molecule has 168 valence electrons. The molecule has 1 aliphatic rings. The highest BCUT2D eigenvalue weighted by molar-refractivity contribution is 5.90. The van der Waals surface area contributed by atoms with E-state index in [-0.39, 0.29) is 12.2 Å². The smallest absolute Gasteiger partial charge is 0.338 e. The molecular formula is C22H26O9. The maximum absolute atomic E-state index is 12.6. The molecule has 2 aromatic carbocycles. The van der Waals surface area contributed by atoms with Crippen LogP contribution in [0.1, 0.15) is 15.9 Å². The summed E-state index contributed by atoms with van der Waals surface area (Å²) < 4.78 is 26.5. The minimum atomic E-state index is -1.50. The predicted octanol–water partition coefficient (Wildman–Crippen LogP) is 0.885. The Hall–Kier alpha value is -2.69. The summed E-state index contributed by atoms with van der Waals surface area (Å²) in [5.74, 6) is 0.125. The summed E-state index contributed by atoms with van der Waals surface area (Å²) in [4.78, 5) is 12.6. The first-order valence-corrected chi connectivity index (χ1v) is 9.68. The zero-order valence-electron chi connectivity index (χ0n) is 17.2. The van der Waals surface area contributed by atoms with Crippen molar-refractivity contribution in [3.63, 3.8) is 0 Å². The topological polar surface area (TPSA) is 124 Å². The summed E-state index contributed by atoms with van der Waals surface area (Å²) in [7, 11) is 2.75. The molecule has 3 N–H and O–H groups in total. The highest BCUT2D eigenvalue weighted by atomic mass is 16.7. The van der Waals surface area contributed by atoms with Crippen LogP contribution in [-0.2, 0) is 20.8 Å². The fourth-order valence-electron chi connectivity index (χ4n) is 3.12. The van der Waals surface area contributed by atoms with Gasteiger partial charge in [0.25, 0.3) is 0 Å². The van der Waals surface area contributed by atoms with E-state index in [4.69, 9.17) is 23.7 Å². The summed E-state index contributed by atoms with van der Waals surface area (Å²) in [5, 5.41) is 29.8. The zero-order valence-corrected chi connectivity index (χ0v) is 17.2. The van der Waals surface area contributed by atoms with Crippen LogP contribution in [0.25, 0.3) is 0 Å². The van der Waals surface area contributed by atoms with Crippen molar-refractivity contribution in [2.24, 2.45) is 0 Å². The van der Waals surface area contributed by atoms with E-state index < -0.39 is 36.7 Å². The summed E-state index contributed by atoms with van der Waals surface area (Å²) in [6, 6.07) is 14.2. The maximum Gasteiger partial charge on any atom is 0.338 e. The molecule has 1 aliphatic heterocycles. The van der Waals surface area contributed by atoms with Crippen molar-refractivity contribution in [1.29, 1.82) is 0 Å². The van der Waals surface area contributed by atoms with Crippen molar-refractivity contribution >= 4 is 5.97 Å². The molecule has 0 amide bonds. The predicted molar refractivity (Wildman–Crippen MR) is 108 cm³/mol. The van der Waals surface area contributed by atoms with E-state index in [2.05, 4.69) is 0 Å².